The molecule has 1 heterocycles. The molecule has 0 unspecified atom stereocenters. The van der Waals surface area contributed by atoms with Crippen molar-refractivity contribution in [1.82, 2.24) is 26.0 Å². The molecule has 1 fully saturated rings. The molecule has 9 heteroatoms. The summed E-state index contributed by atoms with van der Waals surface area (Å²) in [6, 6.07) is 8.98. The molecule has 9 nitrogen and oxygen atoms in total. The van der Waals surface area contributed by atoms with Crippen molar-refractivity contribution in [3.05, 3.63) is 42.2 Å². The predicted molar refractivity (Wildman–Crippen MR) is 95.9 cm³/mol. The Bertz CT molecular complexity index is 737. The first-order chi connectivity index (χ1) is 13.1. The van der Waals surface area contributed by atoms with Gasteiger partial charge in [0.15, 0.2) is 5.69 Å². The molecule has 0 spiro atoms. The Morgan fingerprint density at radius 1 is 1.26 bits per heavy atom. The van der Waals surface area contributed by atoms with Crippen molar-refractivity contribution < 1.29 is 19.4 Å². The number of rotatable bonds is 7. The highest BCUT2D eigenvalue weighted by Crippen LogP contribution is 2.25. The maximum atomic E-state index is 12.3. The second kappa shape index (κ2) is 9.13. The monoisotopic (exact) mass is 373 g/mol. The Hall–Kier alpha value is -2.94. The minimum Gasteiger partial charge on any atom is -0.492 e. The van der Waals surface area contributed by atoms with E-state index in [9.17, 15) is 14.7 Å². The number of aromatic nitrogens is 3. The fourth-order valence-electron chi connectivity index (χ4n) is 3.11. The molecule has 0 bridgehead atoms. The van der Waals surface area contributed by atoms with Gasteiger partial charge in [0.2, 0.25) is 5.91 Å². The number of aromatic amines is 1. The van der Waals surface area contributed by atoms with E-state index in [-0.39, 0.29) is 17.5 Å². The summed E-state index contributed by atoms with van der Waals surface area (Å²) in [7, 11) is 0. The number of aliphatic hydroxyl groups excluding tert-OH is 1. The Morgan fingerprint density at radius 2 is 2.07 bits per heavy atom. The molecule has 2 aromatic rings. The zero-order valence-corrected chi connectivity index (χ0v) is 14.8. The number of H-pyrrole nitrogens is 1. The summed E-state index contributed by atoms with van der Waals surface area (Å²) in [5.41, 5.74) is 0.167. The van der Waals surface area contributed by atoms with Crippen LogP contribution in [0.15, 0.2) is 36.5 Å². The first kappa shape index (κ1) is 18.8. The molecular formula is C18H23N5O4. The van der Waals surface area contributed by atoms with Crippen LogP contribution in [0.1, 0.15) is 29.8 Å². The van der Waals surface area contributed by atoms with Crippen LogP contribution in [0.4, 0.5) is 0 Å². The first-order valence-electron chi connectivity index (χ1n) is 8.93. The molecule has 2 amide bonds. The Labute approximate surface area is 156 Å². The standard InChI is InChI=1S/C18H23N5O4/c24-16-10-12(6-7-14(16)21-18(26)15-11-20-23-22-15)17(25)19-8-9-27-13-4-2-1-3-5-13/h1-5,11-12,14,16,24H,6-10H2,(H,19,25)(H,21,26)(H,20,22,23)/t12-,14-,16-/m0/s1. The van der Waals surface area contributed by atoms with Crippen LogP contribution in [0.2, 0.25) is 0 Å². The van der Waals surface area contributed by atoms with Crippen molar-refractivity contribution in [3.8, 4) is 5.75 Å². The molecule has 1 aromatic carbocycles. The molecule has 3 atom stereocenters. The third-order valence-electron chi connectivity index (χ3n) is 4.56. The maximum absolute atomic E-state index is 12.3. The normalized spacial score (nSPS) is 22.0. The Morgan fingerprint density at radius 3 is 2.78 bits per heavy atom. The second-order valence-corrected chi connectivity index (χ2v) is 6.47. The number of carbonyl (C=O) groups excluding carboxylic acids is 2. The summed E-state index contributed by atoms with van der Waals surface area (Å²) < 4.78 is 5.54. The minimum absolute atomic E-state index is 0.105. The van der Waals surface area contributed by atoms with Gasteiger partial charge in [0.1, 0.15) is 12.4 Å². The van der Waals surface area contributed by atoms with Gasteiger partial charge in [-0.05, 0) is 31.4 Å². The molecule has 1 aliphatic rings. The van der Waals surface area contributed by atoms with Gasteiger partial charge in [0.05, 0.1) is 24.9 Å². The van der Waals surface area contributed by atoms with Gasteiger partial charge in [-0.25, -0.2) is 0 Å². The van der Waals surface area contributed by atoms with Gasteiger partial charge < -0.3 is 20.5 Å². The summed E-state index contributed by atoms with van der Waals surface area (Å²) >= 11 is 0. The van der Waals surface area contributed by atoms with E-state index in [1.54, 1.807) is 0 Å². The van der Waals surface area contributed by atoms with E-state index in [1.165, 1.54) is 6.20 Å². The lowest BCUT2D eigenvalue weighted by atomic mass is 9.83. The number of para-hydroxylation sites is 1. The number of amides is 2. The quantitative estimate of drug-likeness (QED) is 0.515. The molecule has 1 saturated carbocycles. The highest BCUT2D eigenvalue weighted by molar-refractivity contribution is 5.92. The third-order valence-corrected chi connectivity index (χ3v) is 4.56. The van der Waals surface area contributed by atoms with Crippen LogP contribution in [0.25, 0.3) is 0 Å². The number of benzene rings is 1. The van der Waals surface area contributed by atoms with Crippen LogP contribution in [0.5, 0.6) is 5.75 Å². The Balaban J connectivity index is 1.38. The van der Waals surface area contributed by atoms with Crippen LogP contribution in [-0.4, -0.2) is 57.6 Å². The third kappa shape index (κ3) is 5.27. The molecule has 1 aliphatic carbocycles. The summed E-state index contributed by atoms with van der Waals surface area (Å²) in [6.45, 7) is 0.772. The van der Waals surface area contributed by atoms with E-state index in [1.807, 2.05) is 30.3 Å². The first-order valence-corrected chi connectivity index (χ1v) is 8.93. The summed E-state index contributed by atoms with van der Waals surface area (Å²) in [5.74, 6) is -0.0248. The molecule has 0 radical (unpaired) electrons. The van der Waals surface area contributed by atoms with Crippen molar-refractivity contribution in [3.63, 3.8) is 0 Å². The molecule has 3 rings (SSSR count). The van der Waals surface area contributed by atoms with E-state index in [2.05, 4.69) is 26.0 Å². The van der Waals surface area contributed by atoms with E-state index < -0.39 is 18.1 Å². The van der Waals surface area contributed by atoms with Gasteiger partial charge in [-0.3, -0.25) is 9.59 Å². The van der Waals surface area contributed by atoms with Crippen LogP contribution < -0.4 is 15.4 Å². The summed E-state index contributed by atoms with van der Waals surface area (Å²) in [6.07, 6.45) is 1.94. The fraction of sp³-hybridized carbons (Fsp3) is 0.444. The fourth-order valence-corrected chi connectivity index (χ4v) is 3.11. The van der Waals surface area contributed by atoms with Gasteiger partial charge >= 0.3 is 0 Å². The summed E-state index contributed by atoms with van der Waals surface area (Å²) in [5, 5.41) is 25.5. The van der Waals surface area contributed by atoms with E-state index in [0.717, 1.165) is 5.75 Å². The maximum Gasteiger partial charge on any atom is 0.273 e. The van der Waals surface area contributed by atoms with Crippen molar-refractivity contribution >= 4 is 11.8 Å². The average Bonchev–Trinajstić information content (AvgIpc) is 3.22. The van der Waals surface area contributed by atoms with Gasteiger partial charge in [-0.1, -0.05) is 18.2 Å². The lowest BCUT2D eigenvalue weighted by molar-refractivity contribution is -0.127. The second-order valence-electron chi connectivity index (χ2n) is 6.47. The number of ether oxygens (including phenoxy) is 1. The number of carbonyl (C=O) groups is 2. The van der Waals surface area contributed by atoms with E-state index in [0.29, 0.717) is 32.4 Å². The van der Waals surface area contributed by atoms with Crippen LogP contribution in [0.3, 0.4) is 0 Å². The van der Waals surface area contributed by atoms with Crippen molar-refractivity contribution in [2.24, 2.45) is 5.92 Å². The molecule has 0 aliphatic heterocycles. The van der Waals surface area contributed by atoms with Crippen LogP contribution in [0, 0.1) is 5.92 Å². The smallest absolute Gasteiger partial charge is 0.273 e. The molecule has 0 saturated heterocycles. The Kier molecular flexibility index (Phi) is 6.37. The zero-order valence-electron chi connectivity index (χ0n) is 14.8. The molecule has 1 aromatic heterocycles. The topological polar surface area (TPSA) is 129 Å². The highest BCUT2D eigenvalue weighted by atomic mass is 16.5. The minimum atomic E-state index is -0.786. The van der Waals surface area contributed by atoms with Crippen molar-refractivity contribution in [1.29, 1.82) is 0 Å². The van der Waals surface area contributed by atoms with E-state index >= 15 is 0 Å². The largest absolute Gasteiger partial charge is 0.492 e. The number of hydrogen-bond acceptors (Lipinski definition) is 6. The number of aliphatic hydroxyl groups is 1. The molecule has 4 N–H and O–H groups in total. The lowest BCUT2D eigenvalue weighted by Crippen LogP contribution is -2.49. The molecule has 144 valence electrons. The van der Waals surface area contributed by atoms with Gasteiger partial charge in [-0.2, -0.15) is 15.4 Å². The van der Waals surface area contributed by atoms with Crippen LogP contribution >= 0.6 is 0 Å². The molecular weight excluding hydrogens is 350 g/mol. The zero-order chi connectivity index (χ0) is 19.1. The highest BCUT2D eigenvalue weighted by Gasteiger charge is 2.33. The predicted octanol–water partition coefficient (Wildman–Crippen LogP) is 0.259. The van der Waals surface area contributed by atoms with Crippen molar-refractivity contribution in [2.45, 2.75) is 31.4 Å². The summed E-state index contributed by atoms with van der Waals surface area (Å²) in [4.78, 5) is 24.3. The van der Waals surface area contributed by atoms with Gasteiger partial charge in [0.25, 0.3) is 5.91 Å². The molecule has 27 heavy (non-hydrogen) atoms. The number of nitrogens with zero attached hydrogens (tertiary/aromatic N) is 2. The van der Waals surface area contributed by atoms with Gasteiger partial charge in [0, 0.05) is 5.92 Å². The van der Waals surface area contributed by atoms with Gasteiger partial charge in [-0.15, -0.1) is 0 Å². The van der Waals surface area contributed by atoms with E-state index in [4.69, 9.17) is 4.74 Å². The lowest BCUT2D eigenvalue weighted by Gasteiger charge is -2.32. The number of hydrogen-bond donors (Lipinski definition) is 4. The average molecular weight is 373 g/mol. The van der Waals surface area contributed by atoms with Crippen molar-refractivity contribution in [2.75, 3.05) is 13.2 Å². The van der Waals surface area contributed by atoms with Crippen LogP contribution in [-0.2, 0) is 4.79 Å². The number of nitrogens with one attached hydrogen (secondary N) is 3. The SMILES string of the molecule is O=C(N[C@H]1CC[C@H](C(=O)NCCOc2ccccc2)C[C@@H]1O)c1cn[nH]n1.